The monoisotopic (exact) mass is 710 g/mol. The molecule has 0 unspecified atom stereocenters. The Morgan fingerprint density at radius 1 is 0.491 bits per heavy atom. The lowest BCUT2D eigenvalue weighted by Crippen LogP contribution is -2.60. The first kappa shape index (κ1) is 30.0. The Kier molecular flexibility index (Phi) is 5.05. The van der Waals surface area contributed by atoms with Crippen molar-refractivity contribution in [3.05, 3.63) is 120 Å². The number of benzene rings is 6. The Bertz CT molecular complexity index is 3430. The number of hydrogen-bond donors (Lipinski definition) is 0. The van der Waals surface area contributed by atoms with E-state index in [9.17, 15) is 0 Å². The van der Waals surface area contributed by atoms with Crippen molar-refractivity contribution in [2.75, 3.05) is 0 Å². The largest absolute Gasteiger partial charge is 0.309 e. The molecular formula is C47H35BN6O. The minimum Gasteiger partial charge on any atom is -0.309 e. The van der Waals surface area contributed by atoms with Crippen LogP contribution in [0.4, 0.5) is 0 Å². The molecule has 3 aliphatic heterocycles. The molecule has 0 bridgehead atoms. The van der Waals surface area contributed by atoms with E-state index in [0.29, 0.717) is 0 Å². The Balaban J connectivity index is 1.30. The quantitative estimate of drug-likeness (QED) is 0.161. The van der Waals surface area contributed by atoms with Crippen LogP contribution in [0.5, 0.6) is 0 Å². The molecule has 0 amide bonds. The van der Waals surface area contributed by atoms with Crippen molar-refractivity contribution < 1.29 is 4.79 Å². The molecule has 3 aliphatic rings. The number of para-hydroxylation sites is 3. The van der Waals surface area contributed by atoms with Crippen LogP contribution in [0.2, 0.25) is 0 Å². The normalized spacial score (nSPS) is 14.4. The van der Waals surface area contributed by atoms with Crippen molar-refractivity contribution in [1.82, 2.24) is 28.7 Å². The van der Waals surface area contributed by atoms with Crippen LogP contribution in [0.15, 0.2) is 103 Å². The van der Waals surface area contributed by atoms with Gasteiger partial charge >= 0.3 is 0 Å². The predicted octanol–water partition coefficient (Wildman–Crippen LogP) is 8.31. The lowest BCUT2D eigenvalue weighted by Gasteiger charge is -2.32. The predicted molar refractivity (Wildman–Crippen MR) is 225 cm³/mol. The summed E-state index contributed by atoms with van der Waals surface area (Å²) in [5.41, 5.74) is 15.2. The third-order valence-electron chi connectivity index (χ3n) is 12.7. The Morgan fingerprint density at radius 3 is 1.58 bits per heavy atom. The van der Waals surface area contributed by atoms with E-state index in [1.165, 1.54) is 10.8 Å². The molecule has 4 aromatic heterocycles. The van der Waals surface area contributed by atoms with Gasteiger partial charge in [0.1, 0.15) is 0 Å². The molecule has 0 aliphatic carbocycles. The number of carbonyl (C=O) groups is 1. The highest BCUT2D eigenvalue weighted by Gasteiger charge is 2.48. The molecule has 13 rings (SSSR count). The molecular weight excluding hydrogens is 675 g/mol. The minimum absolute atomic E-state index is 0.00664. The number of aromatic nitrogens is 6. The fourth-order valence-corrected chi connectivity index (χ4v) is 10.5. The Hall–Kier alpha value is -6.41. The van der Waals surface area contributed by atoms with E-state index in [0.717, 1.165) is 105 Å². The molecule has 0 N–H and O–H groups in total. The highest BCUT2D eigenvalue weighted by atomic mass is 16.2. The number of carbonyl (C=O) groups excluding carboxylic acids is 1. The number of rotatable bonds is 1. The Labute approximate surface area is 316 Å². The first-order chi connectivity index (χ1) is 26.5. The van der Waals surface area contributed by atoms with Gasteiger partial charge in [-0.2, -0.15) is 10.2 Å². The molecule has 0 fully saturated rings. The Morgan fingerprint density at radius 2 is 1.00 bits per heavy atom. The van der Waals surface area contributed by atoms with Gasteiger partial charge in [0.15, 0.2) is 0 Å². The van der Waals surface area contributed by atoms with E-state index in [2.05, 4.69) is 153 Å². The summed E-state index contributed by atoms with van der Waals surface area (Å²) in [4.78, 5) is 15.3. The van der Waals surface area contributed by atoms with Crippen LogP contribution < -0.4 is 16.4 Å². The van der Waals surface area contributed by atoms with Gasteiger partial charge < -0.3 is 4.57 Å². The molecule has 8 heteroatoms. The third kappa shape index (κ3) is 3.36. The number of hydrogen-bond acceptors (Lipinski definition) is 3. The molecule has 0 radical (unpaired) electrons. The second-order valence-corrected chi connectivity index (χ2v) is 17.9. The van der Waals surface area contributed by atoms with Crippen molar-refractivity contribution in [2.45, 2.75) is 52.4 Å². The lowest BCUT2D eigenvalue weighted by molar-refractivity contribution is 0.0971. The van der Waals surface area contributed by atoms with Crippen molar-refractivity contribution in [3.8, 4) is 17.1 Å². The highest BCUT2D eigenvalue weighted by Crippen LogP contribution is 2.43. The molecule has 7 heterocycles. The first-order valence-electron chi connectivity index (χ1n) is 19.3. The average Bonchev–Trinajstić information content (AvgIpc) is 3.91. The third-order valence-corrected chi connectivity index (χ3v) is 12.7. The molecule has 55 heavy (non-hydrogen) atoms. The van der Waals surface area contributed by atoms with Gasteiger partial charge in [0, 0.05) is 48.7 Å². The van der Waals surface area contributed by atoms with Gasteiger partial charge in [-0.15, -0.1) is 0 Å². The smallest absolute Gasteiger partial charge is 0.262 e. The molecule has 0 spiro atoms. The highest BCUT2D eigenvalue weighted by molar-refractivity contribution is 7.02. The molecule has 7 nitrogen and oxygen atoms in total. The van der Waals surface area contributed by atoms with Gasteiger partial charge in [-0.25, -0.2) is 9.36 Å². The number of fused-ring (bicyclic) bond motifs is 8. The van der Waals surface area contributed by atoms with Crippen molar-refractivity contribution in [3.63, 3.8) is 0 Å². The fraction of sp³-hybridized carbons (Fsp3) is 0.170. The van der Waals surface area contributed by atoms with E-state index >= 15 is 4.79 Å². The van der Waals surface area contributed by atoms with E-state index in [-0.39, 0.29) is 23.4 Å². The van der Waals surface area contributed by atoms with Crippen LogP contribution in [0, 0.1) is 0 Å². The van der Waals surface area contributed by atoms with E-state index in [1.807, 2.05) is 10.6 Å². The van der Waals surface area contributed by atoms with Crippen LogP contribution in [0.1, 0.15) is 63.3 Å². The van der Waals surface area contributed by atoms with Gasteiger partial charge in [0.25, 0.3) is 12.6 Å². The molecule has 262 valence electrons. The zero-order chi connectivity index (χ0) is 37.0. The topological polar surface area (TPSA) is 62.6 Å². The second-order valence-electron chi connectivity index (χ2n) is 17.9. The minimum atomic E-state index is -0.240. The molecule has 0 saturated heterocycles. The molecule has 10 aromatic rings. The van der Waals surface area contributed by atoms with Gasteiger partial charge in [0.05, 0.1) is 61.6 Å². The van der Waals surface area contributed by atoms with Crippen LogP contribution in [0.25, 0.3) is 82.5 Å². The lowest BCUT2D eigenvalue weighted by atomic mass is 9.33. The summed E-state index contributed by atoms with van der Waals surface area (Å²) in [6.07, 6.45) is 0. The zero-order valence-corrected chi connectivity index (χ0v) is 31.5. The van der Waals surface area contributed by atoms with Crippen molar-refractivity contribution >= 4 is 94.4 Å². The summed E-state index contributed by atoms with van der Waals surface area (Å²) in [5.74, 6) is 0.00664. The second kappa shape index (κ2) is 9.27. The van der Waals surface area contributed by atoms with E-state index in [4.69, 9.17) is 10.2 Å². The number of nitrogens with zero attached hydrogens (tertiary/aromatic N) is 6. The standard InChI is InChI=1S/C47H35BN6O/c1-46(2,3)43-29-20-19-28-37-41(29)53(49-43)35-21-24(51-32-16-10-7-13-25(32)26-14-8-11-17-33(26)51)22-36-38(35)48(37)39-40-30(27-15-9-12-18-34(27)52(40)45(28)55)23-31-42(39)54(36)50-44(31)47(4,5)6/h7-23H,1-6H3. The molecule has 0 atom stereocenters. The van der Waals surface area contributed by atoms with Gasteiger partial charge in [-0.1, -0.05) is 102 Å². The van der Waals surface area contributed by atoms with Crippen molar-refractivity contribution in [2.24, 2.45) is 0 Å². The average molecular weight is 711 g/mol. The van der Waals surface area contributed by atoms with Crippen LogP contribution in [-0.4, -0.2) is 41.3 Å². The summed E-state index contributed by atoms with van der Waals surface area (Å²) < 4.78 is 8.79. The summed E-state index contributed by atoms with van der Waals surface area (Å²) in [6.45, 7) is 13.3. The first-order valence-corrected chi connectivity index (χ1v) is 19.3. The van der Waals surface area contributed by atoms with E-state index < -0.39 is 0 Å². The maximum absolute atomic E-state index is 15.3. The fourth-order valence-electron chi connectivity index (χ4n) is 10.5. The SMILES string of the molecule is CC(C)(C)c1nn2c3c4c(ccc13)C(=O)n1c3ccccc3c3cc5c(C(C)(C)C)nn6c5c(c31)B4c1c-2cc(-n2c3ccccc3c3ccccc32)cc1-6. The maximum atomic E-state index is 15.3. The van der Waals surface area contributed by atoms with Gasteiger partial charge in [-0.3, -0.25) is 9.36 Å². The van der Waals surface area contributed by atoms with Crippen molar-refractivity contribution in [1.29, 1.82) is 0 Å². The zero-order valence-electron chi connectivity index (χ0n) is 31.5. The summed E-state index contributed by atoms with van der Waals surface area (Å²) in [6, 6.07) is 37.0. The molecule has 0 saturated carbocycles. The summed E-state index contributed by atoms with van der Waals surface area (Å²) in [7, 11) is 0. The maximum Gasteiger partial charge on any atom is 0.262 e. The van der Waals surface area contributed by atoms with Crippen LogP contribution >= 0.6 is 0 Å². The van der Waals surface area contributed by atoms with Crippen LogP contribution in [0.3, 0.4) is 0 Å². The summed E-state index contributed by atoms with van der Waals surface area (Å²) >= 11 is 0. The summed E-state index contributed by atoms with van der Waals surface area (Å²) in [5, 5.41) is 18.0. The van der Waals surface area contributed by atoms with Crippen LogP contribution in [-0.2, 0) is 10.8 Å². The van der Waals surface area contributed by atoms with Gasteiger partial charge in [-0.05, 0) is 58.9 Å². The van der Waals surface area contributed by atoms with E-state index in [1.54, 1.807) is 0 Å². The molecule has 6 aromatic carbocycles. The van der Waals surface area contributed by atoms with Gasteiger partial charge in [0.2, 0.25) is 0 Å².